The Bertz CT molecular complexity index is 636. The fourth-order valence-electron chi connectivity index (χ4n) is 2.45. The summed E-state index contributed by atoms with van der Waals surface area (Å²) in [6.45, 7) is 2.03. The van der Waals surface area contributed by atoms with Gasteiger partial charge in [-0.2, -0.15) is 0 Å². The van der Waals surface area contributed by atoms with Crippen molar-refractivity contribution in [3.63, 3.8) is 0 Å². The Balaban J connectivity index is 1.66. The van der Waals surface area contributed by atoms with Crippen LogP contribution in [0.1, 0.15) is 29.8 Å². The molecule has 1 amide bonds. The fraction of sp³-hybridized carbons (Fsp3) is 0.312. The van der Waals surface area contributed by atoms with Crippen LogP contribution in [0.15, 0.2) is 41.1 Å². The minimum absolute atomic E-state index is 0.250. The van der Waals surface area contributed by atoms with Crippen LogP contribution in [0.2, 0.25) is 0 Å². The molecule has 0 unspecified atom stereocenters. The molecule has 5 nitrogen and oxygen atoms in total. The summed E-state index contributed by atoms with van der Waals surface area (Å²) in [5, 5.41) is 2.81. The molecule has 0 saturated carbocycles. The molecule has 0 atom stereocenters. The smallest absolute Gasteiger partial charge is 0.275 e. The lowest BCUT2D eigenvalue weighted by Crippen LogP contribution is -2.30. The number of piperidine rings is 1. The van der Waals surface area contributed by atoms with E-state index in [0.29, 0.717) is 5.69 Å². The average Bonchev–Trinajstić information content (AvgIpc) is 2.58. The molecule has 1 aliphatic heterocycles. The lowest BCUT2D eigenvalue weighted by atomic mass is 10.1. The number of halogens is 1. The zero-order chi connectivity index (χ0) is 15.4. The number of hydrogen-bond donors (Lipinski definition) is 1. The first-order valence-corrected chi connectivity index (χ1v) is 8.15. The van der Waals surface area contributed by atoms with Crippen LogP contribution in [-0.2, 0) is 0 Å². The normalized spacial score (nSPS) is 14.7. The number of aromatic nitrogens is 2. The van der Waals surface area contributed by atoms with E-state index in [4.69, 9.17) is 0 Å². The van der Waals surface area contributed by atoms with Gasteiger partial charge in [0, 0.05) is 23.2 Å². The third-order valence-corrected chi connectivity index (χ3v) is 4.18. The molecule has 0 aliphatic carbocycles. The van der Waals surface area contributed by atoms with E-state index in [1.54, 1.807) is 6.20 Å². The Morgan fingerprint density at radius 3 is 2.41 bits per heavy atom. The van der Waals surface area contributed by atoms with Gasteiger partial charge >= 0.3 is 0 Å². The van der Waals surface area contributed by atoms with Crippen LogP contribution in [-0.4, -0.2) is 29.0 Å². The van der Waals surface area contributed by atoms with E-state index in [2.05, 4.69) is 36.1 Å². The third kappa shape index (κ3) is 3.62. The molecule has 1 aromatic carbocycles. The van der Waals surface area contributed by atoms with Crippen LogP contribution in [0.5, 0.6) is 0 Å². The summed E-state index contributed by atoms with van der Waals surface area (Å²) in [7, 11) is 0. The van der Waals surface area contributed by atoms with E-state index in [1.807, 2.05) is 24.3 Å². The lowest BCUT2D eigenvalue weighted by Gasteiger charge is -2.27. The second-order valence-corrected chi connectivity index (χ2v) is 6.18. The molecule has 1 saturated heterocycles. The van der Waals surface area contributed by atoms with Gasteiger partial charge in [0.2, 0.25) is 0 Å². The van der Waals surface area contributed by atoms with E-state index in [1.165, 1.54) is 25.5 Å². The monoisotopic (exact) mass is 360 g/mol. The minimum Gasteiger partial charge on any atom is -0.355 e. The SMILES string of the molecule is O=C(Nc1ccc(Br)cc1)c1cnc(N2CCCCC2)cn1. The number of anilines is 2. The molecular weight excluding hydrogens is 344 g/mol. The Kier molecular flexibility index (Phi) is 4.68. The van der Waals surface area contributed by atoms with E-state index >= 15 is 0 Å². The number of carbonyl (C=O) groups is 1. The quantitative estimate of drug-likeness (QED) is 0.910. The summed E-state index contributed by atoms with van der Waals surface area (Å²) in [4.78, 5) is 23.0. The predicted molar refractivity (Wildman–Crippen MR) is 90.2 cm³/mol. The largest absolute Gasteiger partial charge is 0.355 e. The van der Waals surface area contributed by atoms with Gasteiger partial charge in [-0.25, -0.2) is 9.97 Å². The molecule has 1 N–H and O–H groups in total. The van der Waals surface area contributed by atoms with Crippen molar-refractivity contribution in [1.82, 2.24) is 9.97 Å². The van der Waals surface area contributed by atoms with E-state index < -0.39 is 0 Å². The van der Waals surface area contributed by atoms with Crippen molar-refractivity contribution in [2.75, 3.05) is 23.3 Å². The highest BCUT2D eigenvalue weighted by Crippen LogP contribution is 2.17. The van der Waals surface area contributed by atoms with Crippen molar-refractivity contribution in [2.24, 2.45) is 0 Å². The molecular formula is C16H17BrN4O. The maximum Gasteiger partial charge on any atom is 0.275 e. The summed E-state index contributed by atoms with van der Waals surface area (Å²) in [5.41, 5.74) is 1.05. The number of carbonyl (C=O) groups excluding carboxylic acids is 1. The van der Waals surface area contributed by atoms with Crippen molar-refractivity contribution < 1.29 is 4.79 Å². The van der Waals surface area contributed by atoms with Gasteiger partial charge < -0.3 is 10.2 Å². The summed E-state index contributed by atoms with van der Waals surface area (Å²) in [6.07, 6.45) is 6.87. The van der Waals surface area contributed by atoms with Crippen LogP contribution < -0.4 is 10.2 Å². The second-order valence-electron chi connectivity index (χ2n) is 5.27. The Labute approximate surface area is 137 Å². The van der Waals surface area contributed by atoms with Gasteiger partial charge in [0.05, 0.1) is 12.4 Å². The zero-order valence-corrected chi connectivity index (χ0v) is 13.7. The molecule has 1 aromatic heterocycles. The maximum absolute atomic E-state index is 12.1. The predicted octanol–water partition coefficient (Wildman–Crippen LogP) is 3.48. The van der Waals surface area contributed by atoms with E-state index in [9.17, 15) is 4.79 Å². The van der Waals surface area contributed by atoms with Gasteiger partial charge in [-0.1, -0.05) is 15.9 Å². The average molecular weight is 361 g/mol. The zero-order valence-electron chi connectivity index (χ0n) is 12.1. The number of nitrogens with one attached hydrogen (secondary N) is 1. The minimum atomic E-state index is -0.250. The van der Waals surface area contributed by atoms with Crippen LogP contribution in [0, 0.1) is 0 Å². The third-order valence-electron chi connectivity index (χ3n) is 3.65. The molecule has 0 spiro atoms. The molecule has 1 fully saturated rings. The summed E-state index contributed by atoms with van der Waals surface area (Å²) in [6, 6.07) is 7.41. The van der Waals surface area contributed by atoms with Gasteiger partial charge in [-0.05, 0) is 43.5 Å². The van der Waals surface area contributed by atoms with Crippen molar-refractivity contribution in [3.05, 3.63) is 46.8 Å². The standard InChI is InChI=1S/C16H17BrN4O/c17-12-4-6-13(7-5-12)20-16(22)14-10-19-15(11-18-14)21-8-2-1-3-9-21/h4-7,10-11H,1-3,8-9H2,(H,20,22). The highest BCUT2D eigenvalue weighted by atomic mass is 79.9. The summed E-state index contributed by atoms with van der Waals surface area (Å²) < 4.78 is 0.969. The molecule has 6 heteroatoms. The van der Waals surface area contributed by atoms with Crippen molar-refractivity contribution >= 4 is 33.3 Å². The van der Waals surface area contributed by atoms with E-state index in [-0.39, 0.29) is 5.91 Å². The molecule has 1 aliphatic rings. The van der Waals surface area contributed by atoms with Gasteiger partial charge in [0.25, 0.3) is 5.91 Å². The Morgan fingerprint density at radius 2 is 1.77 bits per heavy atom. The van der Waals surface area contributed by atoms with E-state index in [0.717, 1.165) is 29.1 Å². The van der Waals surface area contributed by atoms with Gasteiger partial charge in [-0.15, -0.1) is 0 Å². The molecule has 0 bridgehead atoms. The number of benzene rings is 1. The number of rotatable bonds is 3. The molecule has 2 heterocycles. The van der Waals surface area contributed by atoms with Crippen LogP contribution >= 0.6 is 15.9 Å². The van der Waals surface area contributed by atoms with Crippen molar-refractivity contribution in [2.45, 2.75) is 19.3 Å². The maximum atomic E-state index is 12.1. The van der Waals surface area contributed by atoms with Crippen molar-refractivity contribution in [1.29, 1.82) is 0 Å². The van der Waals surface area contributed by atoms with Crippen LogP contribution in [0.25, 0.3) is 0 Å². The summed E-state index contributed by atoms with van der Waals surface area (Å²) in [5.74, 6) is 0.597. The van der Waals surface area contributed by atoms with Gasteiger partial charge in [0.15, 0.2) is 0 Å². The Hall–Kier alpha value is -1.95. The summed E-state index contributed by atoms with van der Waals surface area (Å²) >= 11 is 3.36. The number of nitrogens with zero attached hydrogens (tertiary/aromatic N) is 3. The topological polar surface area (TPSA) is 58.1 Å². The number of amides is 1. The molecule has 3 rings (SSSR count). The lowest BCUT2D eigenvalue weighted by molar-refractivity contribution is 0.102. The van der Waals surface area contributed by atoms with Gasteiger partial charge in [-0.3, -0.25) is 4.79 Å². The highest BCUT2D eigenvalue weighted by molar-refractivity contribution is 9.10. The molecule has 2 aromatic rings. The molecule has 0 radical (unpaired) electrons. The van der Waals surface area contributed by atoms with Gasteiger partial charge in [0.1, 0.15) is 11.5 Å². The fourth-order valence-corrected chi connectivity index (χ4v) is 2.72. The number of hydrogen-bond acceptors (Lipinski definition) is 4. The highest BCUT2D eigenvalue weighted by Gasteiger charge is 2.14. The first kappa shape index (κ1) is 15.0. The van der Waals surface area contributed by atoms with Crippen molar-refractivity contribution in [3.8, 4) is 0 Å². The van der Waals surface area contributed by atoms with Crippen LogP contribution in [0.3, 0.4) is 0 Å². The molecule has 114 valence electrons. The molecule has 22 heavy (non-hydrogen) atoms. The second kappa shape index (κ2) is 6.87. The Morgan fingerprint density at radius 1 is 1.05 bits per heavy atom. The first-order chi connectivity index (χ1) is 10.7. The first-order valence-electron chi connectivity index (χ1n) is 7.36. The van der Waals surface area contributed by atoms with Crippen LogP contribution in [0.4, 0.5) is 11.5 Å².